The lowest BCUT2D eigenvalue weighted by atomic mass is 9.77. The maximum atomic E-state index is 2.60. The SMILES string of the molecule is Cc1ccc(C2=CCC(C)C(C3=C4C=CC=C5c6ccccc6C(C3C)N54)=C2)cc1. The Kier molecular flexibility index (Phi) is 3.83. The van der Waals surface area contributed by atoms with Gasteiger partial charge in [-0.25, -0.2) is 0 Å². The van der Waals surface area contributed by atoms with Gasteiger partial charge in [0, 0.05) is 22.9 Å². The fourth-order valence-corrected chi connectivity index (χ4v) is 5.77. The van der Waals surface area contributed by atoms with Gasteiger partial charge < -0.3 is 4.90 Å². The number of rotatable bonds is 2. The summed E-state index contributed by atoms with van der Waals surface area (Å²) in [6.45, 7) is 6.96. The average Bonchev–Trinajstić information content (AvgIpc) is 3.26. The van der Waals surface area contributed by atoms with E-state index < -0.39 is 0 Å². The van der Waals surface area contributed by atoms with E-state index in [9.17, 15) is 0 Å². The maximum absolute atomic E-state index is 2.60. The smallest absolute Gasteiger partial charge is 0.0665 e. The third-order valence-corrected chi connectivity index (χ3v) is 7.29. The van der Waals surface area contributed by atoms with Crippen LogP contribution in [0.1, 0.15) is 48.6 Å². The molecule has 0 saturated heterocycles. The number of nitrogens with zero attached hydrogens (tertiary/aromatic N) is 1. The average molecular weight is 390 g/mol. The monoisotopic (exact) mass is 389 g/mol. The van der Waals surface area contributed by atoms with Gasteiger partial charge in [-0.05, 0) is 59.3 Å². The van der Waals surface area contributed by atoms with Crippen LogP contribution in [0.4, 0.5) is 0 Å². The molecular formula is C29H27N. The summed E-state index contributed by atoms with van der Waals surface area (Å²) < 4.78 is 0. The molecule has 0 N–H and O–H groups in total. The Balaban J connectivity index is 1.48. The Morgan fingerprint density at radius 2 is 1.77 bits per heavy atom. The zero-order valence-electron chi connectivity index (χ0n) is 17.9. The Morgan fingerprint density at radius 3 is 2.60 bits per heavy atom. The Morgan fingerprint density at radius 1 is 0.967 bits per heavy atom. The molecule has 2 aromatic rings. The molecule has 0 fully saturated rings. The highest BCUT2D eigenvalue weighted by molar-refractivity contribution is 5.81. The summed E-state index contributed by atoms with van der Waals surface area (Å²) in [5.74, 6) is 1.02. The zero-order valence-corrected chi connectivity index (χ0v) is 17.9. The van der Waals surface area contributed by atoms with E-state index in [0.717, 1.165) is 6.42 Å². The van der Waals surface area contributed by atoms with Gasteiger partial charge in [0.1, 0.15) is 0 Å². The van der Waals surface area contributed by atoms with Gasteiger partial charge in [-0.15, -0.1) is 0 Å². The fraction of sp³-hybridized carbons (Fsp3) is 0.241. The van der Waals surface area contributed by atoms with Crippen LogP contribution in [-0.2, 0) is 0 Å². The van der Waals surface area contributed by atoms with Crippen LogP contribution in [0.25, 0.3) is 11.3 Å². The van der Waals surface area contributed by atoms with Crippen LogP contribution < -0.4 is 0 Å². The minimum Gasteiger partial charge on any atom is -0.332 e. The number of benzene rings is 2. The normalized spacial score (nSPS) is 26.3. The van der Waals surface area contributed by atoms with E-state index in [1.54, 1.807) is 5.57 Å². The Labute approximate surface area is 179 Å². The van der Waals surface area contributed by atoms with Gasteiger partial charge in [0.2, 0.25) is 0 Å². The zero-order chi connectivity index (χ0) is 20.4. The summed E-state index contributed by atoms with van der Waals surface area (Å²) in [6, 6.07) is 18.3. The summed E-state index contributed by atoms with van der Waals surface area (Å²) in [4.78, 5) is 2.60. The second-order valence-electron chi connectivity index (χ2n) is 9.16. The van der Waals surface area contributed by atoms with Gasteiger partial charge in [0.25, 0.3) is 0 Å². The van der Waals surface area contributed by atoms with E-state index in [1.165, 1.54) is 44.8 Å². The fourth-order valence-electron chi connectivity index (χ4n) is 5.77. The summed E-state index contributed by atoms with van der Waals surface area (Å²) in [7, 11) is 0. The number of fused-ring (bicyclic) bond motifs is 3. The predicted molar refractivity (Wildman–Crippen MR) is 125 cm³/mol. The molecule has 1 aliphatic carbocycles. The molecule has 0 bridgehead atoms. The molecule has 3 aliphatic heterocycles. The largest absolute Gasteiger partial charge is 0.332 e. The lowest BCUT2D eigenvalue weighted by molar-refractivity contribution is 0.369. The summed E-state index contributed by atoms with van der Waals surface area (Å²) >= 11 is 0. The van der Waals surface area contributed by atoms with Gasteiger partial charge in [-0.1, -0.05) is 86.2 Å². The second-order valence-corrected chi connectivity index (χ2v) is 9.16. The Hall–Kier alpha value is -3.06. The lowest BCUT2D eigenvalue weighted by Gasteiger charge is -2.26. The van der Waals surface area contributed by atoms with E-state index in [2.05, 4.69) is 105 Å². The van der Waals surface area contributed by atoms with Gasteiger partial charge in [-0.3, -0.25) is 0 Å². The van der Waals surface area contributed by atoms with Crippen molar-refractivity contribution in [3.63, 3.8) is 0 Å². The molecule has 1 nitrogen and oxygen atoms in total. The summed E-state index contributed by atoms with van der Waals surface area (Å²) in [5.41, 5.74) is 12.7. The van der Waals surface area contributed by atoms with Crippen molar-refractivity contribution in [3.05, 3.63) is 118 Å². The molecule has 0 radical (unpaired) electrons. The quantitative estimate of drug-likeness (QED) is 0.524. The highest BCUT2D eigenvalue weighted by Crippen LogP contribution is 2.58. The highest BCUT2D eigenvalue weighted by atomic mass is 15.2. The van der Waals surface area contributed by atoms with E-state index in [-0.39, 0.29) is 0 Å². The van der Waals surface area contributed by atoms with Crippen molar-refractivity contribution in [3.8, 4) is 0 Å². The predicted octanol–water partition coefficient (Wildman–Crippen LogP) is 7.22. The first-order valence-corrected chi connectivity index (χ1v) is 11.1. The molecule has 1 heteroatoms. The minimum absolute atomic E-state index is 0.421. The summed E-state index contributed by atoms with van der Waals surface area (Å²) in [6.07, 6.45) is 12.8. The minimum atomic E-state index is 0.421. The molecule has 0 amide bonds. The van der Waals surface area contributed by atoms with Crippen molar-refractivity contribution in [1.82, 2.24) is 4.90 Å². The molecule has 0 saturated carbocycles. The van der Waals surface area contributed by atoms with Crippen molar-refractivity contribution in [2.24, 2.45) is 11.8 Å². The highest BCUT2D eigenvalue weighted by Gasteiger charge is 2.47. The first-order valence-electron chi connectivity index (χ1n) is 11.1. The number of hydrogen-bond donors (Lipinski definition) is 0. The van der Waals surface area contributed by atoms with Crippen LogP contribution in [-0.4, -0.2) is 4.90 Å². The van der Waals surface area contributed by atoms with E-state index in [4.69, 9.17) is 0 Å². The molecule has 30 heavy (non-hydrogen) atoms. The van der Waals surface area contributed by atoms with Gasteiger partial charge in [0.15, 0.2) is 0 Å². The Bertz CT molecular complexity index is 1200. The molecule has 6 rings (SSSR count). The van der Waals surface area contributed by atoms with Crippen molar-refractivity contribution in [2.45, 2.75) is 33.2 Å². The van der Waals surface area contributed by atoms with Crippen molar-refractivity contribution < 1.29 is 0 Å². The molecule has 3 atom stereocenters. The summed E-state index contributed by atoms with van der Waals surface area (Å²) in [5, 5.41) is 0. The first kappa shape index (κ1) is 17.8. The first-order chi connectivity index (χ1) is 14.6. The van der Waals surface area contributed by atoms with Crippen LogP contribution >= 0.6 is 0 Å². The van der Waals surface area contributed by atoms with Crippen LogP contribution in [0.2, 0.25) is 0 Å². The van der Waals surface area contributed by atoms with Crippen LogP contribution in [0.3, 0.4) is 0 Å². The van der Waals surface area contributed by atoms with Crippen molar-refractivity contribution in [2.75, 3.05) is 0 Å². The number of hydrogen-bond acceptors (Lipinski definition) is 1. The van der Waals surface area contributed by atoms with Crippen LogP contribution in [0.15, 0.2) is 95.8 Å². The number of allylic oxidation sites excluding steroid dienone is 7. The lowest BCUT2D eigenvalue weighted by Crippen LogP contribution is -2.18. The molecule has 3 heterocycles. The molecule has 4 aliphatic rings. The van der Waals surface area contributed by atoms with Gasteiger partial charge in [-0.2, -0.15) is 0 Å². The molecule has 0 aromatic heterocycles. The van der Waals surface area contributed by atoms with Crippen LogP contribution in [0, 0.1) is 18.8 Å². The molecule has 3 unspecified atom stereocenters. The second kappa shape index (κ2) is 6.47. The molecule has 148 valence electrons. The van der Waals surface area contributed by atoms with Gasteiger partial charge >= 0.3 is 0 Å². The molecule has 0 spiro atoms. The number of aryl methyl sites for hydroxylation is 1. The molecular weight excluding hydrogens is 362 g/mol. The third-order valence-electron chi connectivity index (χ3n) is 7.29. The standard InChI is InChI=1S/C29H27N/c1-18-11-14-21(15-12-18)22-16-13-19(2)25(17-22)28-20(3)29-24-8-5-4-7-23(24)26-9-6-10-27(28)30(26)29/h4-12,14-17,19-20,29H,13H2,1-3H3. The molecule has 2 aromatic carbocycles. The third kappa shape index (κ3) is 2.41. The maximum Gasteiger partial charge on any atom is 0.0665 e. The van der Waals surface area contributed by atoms with E-state index in [1.807, 2.05) is 0 Å². The van der Waals surface area contributed by atoms with Crippen molar-refractivity contribution >= 4 is 11.3 Å². The van der Waals surface area contributed by atoms with E-state index in [0.29, 0.717) is 17.9 Å². The van der Waals surface area contributed by atoms with E-state index >= 15 is 0 Å². The topological polar surface area (TPSA) is 3.24 Å². The van der Waals surface area contributed by atoms with Crippen molar-refractivity contribution in [1.29, 1.82) is 0 Å². The van der Waals surface area contributed by atoms with Crippen LogP contribution in [0.5, 0.6) is 0 Å². The van der Waals surface area contributed by atoms with Gasteiger partial charge in [0.05, 0.1) is 6.04 Å².